The van der Waals surface area contributed by atoms with Crippen LogP contribution in [0.15, 0.2) is 17.3 Å². The van der Waals surface area contributed by atoms with Crippen molar-refractivity contribution in [2.75, 3.05) is 13.2 Å². The van der Waals surface area contributed by atoms with E-state index < -0.39 is 0 Å². The van der Waals surface area contributed by atoms with Gasteiger partial charge >= 0.3 is 0 Å². The summed E-state index contributed by atoms with van der Waals surface area (Å²) in [5.41, 5.74) is 2.04. The number of nitrogens with zero attached hydrogens (tertiary/aromatic N) is 1. The summed E-state index contributed by atoms with van der Waals surface area (Å²) in [5, 5.41) is 10.7. The molecule has 0 aliphatic carbocycles. The normalized spacial score (nSPS) is 17.6. The zero-order chi connectivity index (χ0) is 11.4. The lowest BCUT2D eigenvalue weighted by Crippen LogP contribution is -2.17. The standard InChI is InChI=1S/C12H17NO2S/c1-9-6-10(8-14)7-13-12(9)16-11-2-4-15-5-3-11/h6-7,11,14H,2-5,8H2,1H3. The van der Waals surface area contributed by atoms with Gasteiger partial charge in [-0.15, -0.1) is 11.8 Å². The van der Waals surface area contributed by atoms with Crippen molar-refractivity contribution in [1.82, 2.24) is 4.98 Å². The van der Waals surface area contributed by atoms with Crippen LogP contribution in [0.25, 0.3) is 0 Å². The zero-order valence-corrected chi connectivity index (χ0v) is 10.3. The van der Waals surface area contributed by atoms with Crippen LogP contribution in [-0.4, -0.2) is 28.6 Å². The molecule has 1 aromatic rings. The van der Waals surface area contributed by atoms with E-state index in [-0.39, 0.29) is 6.61 Å². The first-order valence-corrected chi connectivity index (χ1v) is 6.48. The Kier molecular flexibility index (Phi) is 4.21. The number of thioether (sulfide) groups is 1. The molecule has 1 aliphatic heterocycles. The van der Waals surface area contributed by atoms with Gasteiger partial charge in [0.05, 0.1) is 11.6 Å². The Morgan fingerprint density at radius 2 is 2.25 bits per heavy atom. The molecule has 0 unspecified atom stereocenters. The summed E-state index contributed by atoms with van der Waals surface area (Å²) in [7, 11) is 0. The molecule has 3 nitrogen and oxygen atoms in total. The highest BCUT2D eigenvalue weighted by Crippen LogP contribution is 2.30. The van der Waals surface area contributed by atoms with E-state index in [0.29, 0.717) is 5.25 Å². The molecule has 0 atom stereocenters. The largest absolute Gasteiger partial charge is 0.392 e. The lowest BCUT2D eigenvalue weighted by Gasteiger charge is -2.21. The Balaban J connectivity index is 2.03. The summed E-state index contributed by atoms with van der Waals surface area (Å²) in [6.45, 7) is 3.85. The van der Waals surface area contributed by atoms with Crippen LogP contribution in [0.2, 0.25) is 0 Å². The first-order chi connectivity index (χ1) is 7.79. The van der Waals surface area contributed by atoms with Crippen LogP contribution >= 0.6 is 11.8 Å². The van der Waals surface area contributed by atoms with Gasteiger partial charge in [-0.2, -0.15) is 0 Å². The van der Waals surface area contributed by atoms with Crippen molar-refractivity contribution in [3.63, 3.8) is 0 Å². The molecular formula is C12H17NO2S. The van der Waals surface area contributed by atoms with Gasteiger partial charge in [-0.3, -0.25) is 0 Å². The van der Waals surface area contributed by atoms with Gasteiger partial charge < -0.3 is 9.84 Å². The minimum absolute atomic E-state index is 0.0655. The number of ether oxygens (including phenoxy) is 1. The highest BCUT2D eigenvalue weighted by atomic mass is 32.2. The second kappa shape index (κ2) is 5.66. The fraction of sp³-hybridized carbons (Fsp3) is 0.583. The van der Waals surface area contributed by atoms with Crippen molar-refractivity contribution >= 4 is 11.8 Å². The molecular weight excluding hydrogens is 222 g/mol. The molecule has 2 rings (SSSR count). The molecule has 0 radical (unpaired) electrons. The molecule has 1 aromatic heterocycles. The third-order valence-corrected chi connectivity index (χ3v) is 4.17. The van der Waals surface area contributed by atoms with E-state index in [9.17, 15) is 0 Å². The van der Waals surface area contributed by atoms with Crippen LogP contribution in [0.1, 0.15) is 24.0 Å². The molecule has 16 heavy (non-hydrogen) atoms. The van der Waals surface area contributed by atoms with E-state index in [4.69, 9.17) is 9.84 Å². The number of hydrogen-bond donors (Lipinski definition) is 1. The van der Waals surface area contributed by atoms with E-state index in [0.717, 1.165) is 42.2 Å². The Bertz CT molecular complexity index is 351. The predicted molar refractivity (Wildman–Crippen MR) is 64.6 cm³/mol. The van der Waals surface area contributed by atoms with Gasteiger partial charge in [-0.1, -0.05) is 0 Å². The first-order valence-electron chi connectivity index (χ1n) is 5.60. The van der Waals surface area contributed by atoms with Crippen molar-refractivity contribution in [2.45, 2.75) is 36.6 Å². The predicted octanol–water partition coefficient (Wildman–Crippen LogP) is 2.15. The summed E-state index contributed by atoms with van der Waals surface area (Å²) in [5.74, 6) is 0. The quantitative estimate of drug-likeness (QED) is 0.877. The maximum absolute atomic E-state index is 9.01. The highest BCUT2D eigenvalue weighted by Gasteiger charge is 2.16. The molecule has 88 valence electrons. The lowest BCUT2D eigenvalue weighted by atomic mass is 10.2. The third kappa shape index (κ3) is 2.97. The van der Waals surface area contributed by atoms with Crippen LogP contribution in [0.4, 0.5) is 0 Å². The molecule has 0 spiro atoms. The van der Waals surface area contributed by atoms with Gasteiger partial charge in [0.25, 0.3) is 0 Å². The molecule has 2 heterocycles. The van der Waals surface area contributed by atoms with Gasteiger partial charge in [-0.25, -0.2) is 4.98 Å². The maximum atomic E-state index is 9.01. The summed E-state index contributed by atoms with van der Waals surface area (Å²) in [6.07, 6.45) is 3.97. The van der Waals surface area contributed by atoms with Crippen molar-refractivity contribution in [3.05, 3.63) is 23.4 Å². The van der Waals surface area contributed by atoms with Crippen LogP contribution in [0, 0.1) is 6.92 Å². The van der Waals surface area contributed by atoms with Gasteiger partial charge in [0.1, 0.15) is 0 Å². The van der Waals surface area contributed by atoms with E-state index in [2.05, 4.69) is 4.98 Å². The monoisotopic (exact) mass is 239 g/mol. The van der Waals surface area contributed by atoms with Crippen LogP contribution in [0.5, 0.6) is 0 Å². The summed E-state index contributed by atoms with van der Waals surface area (Å²) < 4.78 is 5.34. The number of rotatable bonds is 3. The van der Waals surface area contributed by atoms with E-state index in [1.807, 2.05) is 24.8 Å². The minimum Gasteiger partial charge on any atom is -0.392 e. The number of aromatic nitrogens is 1. The molecule has 0 bridgehead atoms. The van der Waals surface area contributed by atoms with E-state index in [1.165, 1.54) is 0 Å². The summed E-state index contributed by atoms with van der Waals surface area (Å²) in [4.78, 5) is 4.41. The second-order valence-corrected chi connectivity index (χ2v) is 5.34. The first kappa shape index (κ1) is 11.9. The van der Waals surface area contributed by atoms with Crippen molar-refractivity contribution < 1.29 is 9.84 Å². The molecule has 0 amide bonds. The molecule has 0 saturated carbocycles. The summed E-state index contributed by atoms with van der Waals surface area (Å²) >= 11 is 1.84. The van der Waals surface area contributed by atoms with Crippen LogP contribution in [-0.2, 0) is 11.3 Å². The maximum Gasteiger partial charge on any atom is 0.0991 e. The number of aliphatic hydroxyl groups excluding tert-OH is 1. The van der Waals surface area contributed by atoms with Gasteiger partial charge in [0.15, 0.2) is 0 Å². The SMILES string of the molecule is Cc1cc(CO)cnc1SC1CCOCC1. The Morgan fingerprint density at radius 1 is 1.50 bits per heavy atom. The highest BCUT2D eigenvalue weighted by molar-refractivity contribution is 7.99. The van der Waals surface area contributed by atoms with Crippen molar-refractivity contribution in [2.24, 2.45) is 0 Å². The lowest BCUT2D eigenvalue weighted by molar-refractivity contribution is 0.1000. The minimum atomic E-state index is 0.0655. The van der Waals surface area contributed by atoms with E-state index >= 15 is 0 Å². The molecule has 0 aromatic carbocycles. The number of aryl methyl sites for hydroxylation is 1. The Labute approximate surface area is 100 Å². The molecule has 1 saturated heterocycles. The van der Waals surface area contributed by atoms with Gasteiger partial charge in [0, 0.05) is 24.7 Å². The summed E-state index contributed by atoms with van der Waals surface area (Å²) in [6, 6.07) is 2.01. The topological polar surface area (TPSA) is 42.4 Å². The fourth-order valence-electron chi connectivity index (χ4n) is 1.78. The number of hydrogen-bond acceptors (Lipinski definition) is 4. The van der Waals surface area contributed by atoms with E-state index in [1.54, 1.807) is 6.20 Å². The number of pyridine rings is 1. The Hall–Kier alpha value is -0.580. The smallest absolute Gasteiger partial charge is 0.0991 e. The number of aliphatic hydroxyl groups is 1. The van der Waals surface area contributed by atoms with Crippen molar-refractivity contribution in [1.29, 1.82) is 0 Å². The molecule has 1 aliphatic rings. The fourth-order valence-corrected chi connectivity index (χ4v) is 2.88. The van der Waals surface area contributed by atoms with Crippen molar-refractivity contribution in [3.8, 4) is 0 Å². The molecule has 4 heteroatoms. The molecule has 1 N–H and O–H groups in total. The van der Waals surface area contributed by atoms with Crippen LogP contribution < -0.4 is 0 Å². The second-order valence-electron chi connectivity index (χ2n) is 4.05. The average molecular weight is 239 g/mol. The van der Waals surface area contributed by atoms with Crippen LogP contribution in [0.3, 0.4) is 0 Å². The average Bonchev–Trinajstić information content (AvgIpc) is 2.33. The third-order valence-electron chi connectivity index (χ3n) is 2.72. The van der Waals surface area contributed by atoms with Gasteiger partial charge in [-0.05, 0) is 37.0 Å². The molecule has 1 fully saturated rings. The zero-order valence-electron chi connectivity index (χ0n) is 9.48. The van der Waals surface area contributed by atoms with Gasteiger partial charge in [0.2, 0.25) is 0 Å². The Morgan fingerprint density at radius 3 is 2.88 bits per heavy atom.